The summed E-state index contributed by atoms with van der Waals surface area (Å²) in [4.78, 5) is 34.2. The fraction of sp³-hybridized carbons (Fsp3) is 0.208. The van der Waals surface area contributed by atoms with Crippen molar-refractivity contribution in [1.82, 2.24) is 14.5 Å². The van der Waals surface area contributed by atoms with E-state index in [0.29, 0.717) is 40.8 Å². The van der Waals surface area contributed by atoms with E-state index in [1.54, 1.807) is 11.5 Å². The zero-order valence-electron chi connectivity index (χ0n) is 17.4. The molecule has 5 rings (SSSR count). The summed E-state index contributed by atoms with van der Waals surface area (Å²) in [5.74, 6) is 0.703. The fourth-order valence-corrected chi connectivity index (χ4v) is 6.41. The van der Waals surface area contributed by atoms with Gasteiger partial charge in [-0.05, 0) is 41.8 Å². The van der Waals surface area contributed by atoms with Crippen LogP contribution in [0.3, 0.4) is 0 Å². The number of para-hydroxylation sites is 1. The largest absolute Gasteiger partial charge is 0.337 e. The molecule has 0 radical (unpaired) electrons. The second-order valence-electron chi connectivity index (χ2n) is 7.66. The van der Waals surface area contributed by atoms with Crippen LogP contribution in [0.4, 0.5) is 0 Å². The lowest BCUT2D eigenvalue weighted by Crippen LogP contribution is -2.34. The fourth-order valence-electron chi connectivity index (χ4n) is 3.97. The smallest absolute Gasteiger partial charge is 0.267 e. The molecule has 0 aliphatic carbocycles. The Morgan fingerprint density at radius 1 is 1.19 bits per heavy atom. The van der Waals surface area contributed by atoms with Crippen LogP contribution in [0.25, 0.3) is 15.9 Å². The van der Waals surface area contributed by atoms with Crippen molar-refractivity contribution in [3.8, 4) is 5.69 Å². The first-order chi connectivity index (χ1) is 15.5. The highest BCUT2D eigenvalue weighted by Gasteiger charge is 2.26. The molecule has 2 aromatic carbocycles. The highest BCUT2D eigenvalue weighted by Crippen LogP contribution is 2.35. The zero-order chi connectivity index (χ0) is 22.2. The van der Waals surface area contributed by atoms with E-state index in [1.807, 2.05) is 59.5 Å². The standard InChI is InChI=1S/C24H20ClN3O2S2/c1-15(29)27-11-10-19-20(13-27)32-22-21(19)23(30)28(18-8-3-2-4-9-18)24(26-22)31-14-16-6-5-7-17(25)12-16/h2-9,12H,10-11,13-14H2,1H3. The van der Waals surface area contributed by atoms with Crippen LogP contribution in [0.5, 0.6) is 0 Å². The number of amides is 1. The van der Waals surface area contributed by atoms with Crippen molar-refractivity contribution in [2.45, 2.75) is 30.8 Å². The van der Waals surface area contributed by atoms with Gasteiger partial charge in [-0.25, -0.2) is 4.98 Å². The number of fused-ring (bicyclic) bond motifs is 3. The molecular weight excluding hydrogens is 462 g/mol. The Morgan fingerprint density at radius 2 is 2.00 bits per heavy atom. The monoisotopic (exact) mass is 481 g/mol. The van der Waals surface area contributed by atoms with Crippen LogP contribution in [0.1, 0.15) is 22.9 Å². The van der Waals surface area contributed by atoms with E-state index in [1.165, 1.54) is 23.1 Å². The molecule has 0 unspecified atom stereocenters. The topological polar surface area (TPSA) is 55.2 Å². The Bertz CT molecular complexity index is 1380. The van der Waals surface area contributed by atoms with Crippen LogP contribution < -0.4 is 5.56 Å². The third kappa shape index (κ3) is 3.96. The summed E-state index contributed by atoms with van der Waals surface area (Å²) in [6, 6.07) is 17.3. The van der Waals surface area contributed by atoms with Crippen LogP contribution in [-0.2, 0) is 23.5 Å². The summed E-state index contributed by atoms with van der Waals surface area (Å²) >= 11 is 9.19. The van der Waals surface area contributed by atoms with Crippen molar-refractivity contribution in [3.05, 3.63) is 86.0 Å². The second-order valence-corrected chi connectivity index (χ2v) is 10.1. The molecule has 1 aliphatic rings. The number of thioether (sulfide) groups is 1. The minimum atomic E-state index is -0.0523. The average molecular weight is 482 g/mol. The number of nitrogens with zero attached hydrogens (tertiary/aromatic N) is 3. The van der Waals surface area contributed by atoms with Crippen LogP contribution in [0, 0.1) is 0 Å². The average Bonchev–Trinajstić information content (AvgIpc) is 3.16. The van der Waals surface area contributed by atoms with Gasteiger partial charge >= 0.3 is 0 Å². The first-order valence-electron chi connectivity index (χ1n) is 10.3. The van der Waals surface area contributed by atoms with Gasteiger partial charge in [0.2, 0.25) is 5.91 Å². The van der Waals surface area contributed by atoms with E-state index in [2.05, 4.69) is 0 Å². The maximum Gasteiger partial charge on any atom is 0.267 e. The van der Waals surface area contributed by atoms with Gasteiger partial charge in [0.15, 0.2) is 5.16 Å². The number of hydrogen-bond donors (Lipinski definition) is 0. The lowest BCUT2D eigenvalue weighted by molar-refractivity contribution is -0.129. The molecule has 0 saturated carbocycles. The van der Waals surface area contributed by atoms with Gasteiger partial charge in [0.05, 0.1) is 17.6 Å². The molecule has 8 heteroatoms. The summed E-state index contributed by atoms with van der Waals surface area (Å²) in [6.07, 6.45) is 0.676. The highest BCUT2D eigenvalue weighted by atomic mass is 35.5. The van der Waals surface area contributed by atoms with Crippen molar-refractivity contribution >= 4 is 50.8 Å². The Morgan fingerprint density at radius 3 is 2.75 bits per heavy atom. The minimum Gasteiger partial charge on any atom is -0.337 e. The number of benzene rings is 2. The van der Waals surface area contributed by atoms with Gasteiger partial charge in [-0.3, -0.25) is 14.2 Å². The number of thiophene rings is 1. The highest BCUT2D eigenvalue weighted by molar-refractivity contribution is 7.98. The van der Waals surface area contributed by atoms with Gasteiger partial charge in [-0.2, -0.15) is 0 Å². The molecule has 0 saturated heterocycles. The van der Waals surface area contributed by atoms with Crippen LogP contribution in [0.15, 0.2) is 64.5 Å². The van der Waals surface area contributed by atoms with E-state index in [0.717, 1.165) is 26.5 Å². The normalized spacial score (nSPS) is 13.4. The summed E-state index contributed by atoms with van der Waals surface area (Å²) in [5, 5.41) is 2.02. The molecule has 3 heterocycles. The first kappa shape index (κ1) is 21.2. The first-order valence-corrected chi connectivity index (χ1v) is 12.4. The van der Waals surface area contributed by atoms with Crippen LogP contribution in [-0.4, -0.2) is 26.9 Å². The Balaban J connectivity index is 1.63. The molecule has 0 fully saturated rings. The van der Waals surface area contributed by atoms with E-state index in [-0.39, 0.29) is 11.5 Å². The number of hydrogen-bond acceptors (Lipinski definition) is 5. The van der Waals surface area contributed by atoms with Crippen molar-refractivity contribution in [2.75, 3.05) is 6.54 Å². The van der Waals surface area contributed by atoms with Crippen molar-refractivity contribution in [3.63, 3.8) is 0 Å². The molecule has 0 bridgehead atoms. The lowest BCUT2D eigenvalue weighted by Gasteiger charge is -2.25. The predicted octanol–water partition coefficient (Wildman–Crippen LogP) is 5.30. The number of carbonyl (C=O) groups is 1. The second kappa shape index (κ2) is 8.73. The Labute approximate surface area is 198 Å². The van der Waals surface area contributed by atoms with Crippen molar-refractivity contribution < 1.29 is 4.79 Å². The number of carbonyl (C=O) groups excluding carboxylic acids is 1. The van der Waals surface area contributed by atoms with Gasteiger partial charge in [0, 0.05) is 29.1 Å². The van der Waals surface area contributed by atoms with Gasteiger partial charge in [-0.1, -0.05) is 53.7 Å². The maximum absolute atomic E-state index is 13.8. The quantitative estimate of drug-likeness (QED) is 0.293. The molecule has 0 N–H and O–H groups in total. The van der Waals surface area contributed by atoms with Crippen LogP contribution in [0.2, 0.25) is 5.02 Å². The van der Waals surface area contributed by atoms with Gasteiger partial charge in [-0.15, -0.1) is 11.3 Å². The molecule has 0 spiro atoms. The van der Waals surface area contributed by atoms with E-state index >= 15 is 0 Å². The van der Waals surface area contributed by atoms with Crippen molar-refractivity contribution in [2.24, 2.45) is 0 Å². The molecular formula is C24H20ClN3O2S2. The van der Waals surface area contributed by atoms with Gasteiger partial charge < -0.3 is 4.90 Å². The van der Waals surface area contributed by atoms with Crippen molar-refractivity contribution in [1.29, 1.82) is 0 Å². The third-order valence-electron chi connectivity index (χ3n) is 5.56. The Kier molecular flexibility index (Phi) is 5.80. The Hall–Kier alpha value is -2.61. The van der Waals surface area contributed by atoms with Gasteiger partial charge in [0.1, 0.15) is 4.83 Å². The predicted molar refractivity (Wildman–Crippen MR) is 131 cm³/mol. The molecule has 162 valence electrons. The summed E-state index contributed by atoms with van der Waals surface area (Å²) in [7, 11) is 0. The SMILES string of the molecule is CC(=O)N1CCc2c(sc3nc(SCc4cccc(Cl)c4)n(-c4ccccc4)c(=O)c23)C1. The molecule has 2 aromatic heterocycles. The number of halogens is 1. The molecule has 32 heavy (non-hydrogen) atoms. The summed E-state index contributed by atoms with van der Waals surface area (Å²) < 4.78 is 1.71. The molecule has 1 aliphatic heterocycles. The molecule has 5 nitrogen and oxygen atoms in total. The molecule has 1 amide bonds. The molecule has 0 atom stereocenters. The number of aromatic nitrogens is 2. The lowest BCUT2D eigenvalue weighted by atomic mass is 10.1. The van der Waals surface area contributed by atoms with E-state index in [4.69, 9.17) is 16.6 Å². The molecule has 4 aromatic rings. The van der Waals surface area contributed by atoms with Gasteiger partial charge in [0.25, 0.3) is 5.56 Å². The van der Waals surface area contributed by atoms with E-state index < -0.39 is 0 Å². The minimum absolute atomic E-state index is 0.0523. The summed E-state index contributed by atoms with van der Waals surface area (Å²) in [5.41, 5.74) is 2.85. The summed E-state index contributed by atoms with van der Waals surface area (Å²) in [6.45, 7) is 2.76. The zero-order valence-corrected chi connectivity index (χ0v) is 19.8. The third-order valence-corrected chi connectivity index (χ3v) is 7.92. The van der Waals surface area contributed by atoms with Crippen LogP contribution >= 0.6 is 34.7 Å². The van der Waals surface area contributed by atoms with E-state index in [9.17, 15) is 9.59 Å². The maximum atomic E-state index is 13.8. The number of rotatable bonds is 4.